The molecule has 0 spiro atoms. The molecule has 1 rings (SSSR count). The van der Waals surface area contributed by atoms with Gasteiger partial charge in [-0.25, -0.2) is 0 Å². The summed E-state index contributed by atoms with van der Waals surface area (Å²) in [5.74, 6) is -0.678. The maximum Gasteiger partial charge on any atom is 0.311 e. The van der Waals surface area contributed by atoms with Gasteiger partial charge < -0.3 is 5.11 Å². The molecule has 1 aromatic carbocycles. The Balaban J connectivity index is 3.42. The molecule has 14 heavy (non-hydrogen) atoms. The van der Waals surface area contributed by atoms with Crippen molar-refractivity contribution in [3.63, 3.8) is 0 Å². The summed E-state index contributed by atoms with van der Waals surface area (Å²) in [6.07, 6.45) is 0. The number of Topliss-reactive ketones (excluding diaryl/α,β-unsaturated/α-hetero) is 1. The van der Waals surface area contributed by atoms with Gasteiger partial charge in [0.15, 0.2) is 11.5 Å². The molecule has 0 radical (unpaired) electrons. The van der Waals surface area contributed by atoms with Crippen molar-refractivity contribution in [3.8, 4) is 5.75 Å². The lowest BCUT2D eigenvalue weighted by molar-refractivity contribution is -0.385. The van der Waals surface area contributed by atoms with Gasteiger partial charge in [-0.05, 0) is 25.5 Å². The van der Waals surface area contributed by atoms with Gasteiger partial charge in [0.05, 0.1) is 4.92 Å². The van der Waals surface area contributed by atoms with Crippen LogP contribution < -0.4 is 0 Å². The lowest BCUT2D eigenvalue weighted by atomic mass is 10.0. The first-order valence-corrected chi connectivity index (χ1v) is 3.92. The number of rotatable bonds is 2. The number of carbonyl (C=O) groups is 1. The number of aryl methyl sites for hydroxylation is 1. The van der Waals surface area contributed by atoms with Crippen molar-refractivity contribution in [1.82, 2.24) is 0 Å². The van der Waals surface area contributed by atoms with Gasteiger partial charge in [-0.3, -0.25) is 14.9 Å². The highest BCUT2D eigenvalue weighted by atomic mass is 16.6. The van der Waals surface area contributed by atoms with E-state index >= 15 is 0 Å². The highest BCUT2D eigenvalue weighted by Crippen LogP contribution is 2.29. The van der Waals surface area contributed by atoms with E-state index in [-0.39, 0.29) is 11.3 Å². The first kappa shape index (κ1) is 10.2. The molecule has 0 bridgehead atoms. The number of phenols is 1. The monoisotopic (exact) mass is 195 g/mol. The number of aromatic hydroxyl groups is 1. The fraction of sp³-hybridized carbons (Fsp3) is 0.222. The molecule has 0 fully saturated rings. The van der Waals surface area contributed by atoms with Crippen molar-refractivity contribution in [2.75, 3.05) is 0 Å². The van der Waals surface area contributed by atoms with E-state index in [9.17, 15) is 20.0 Å². The molecule has 0 atom stereocenters. The molecule has 5 nitrogen and oxygen atoms in total. The summed E-state index contributed by atoms with van der Waals surface area (Å²) in [4.78, 5) is 20.8. The number of nitro groups is 1. The Kier molecular flexibility index (Phi) is 2.51. The van der Waals surface area contributed by atoms with Gasteiger partial charge in [-0.2, -0.15) is 0 Å². The third-order valence-corrected chi connectivity index (χ3v) is 1.90. The summed E-state index contributed by atoms with van der Waals surface area (Å²) in [5, 5.41) is 19.7. The lowest BCUT2D eigenvalue weighted by Gasteiger charge is -2.02. The Hall–Kier alpha value is -1.91. The normalized spacial score (nSPS) is 9.86. The highest BCUT2D eigenvalue weighted by molar-refractivity contribution is 5.96. The van der Waals surface area contributed by atoms with Crippen LogP contribution >= 0.6 is 0 Å². The van der Waals surface area contributed by atoms with Crippen molar-refractivity contribution in [2.45, 2.75) is 13.8 Å². The number of nitrogens with zero attached hydrogens (tertiary/aromatic N) is 1. The van der Waals surface area contributed by atoms with Gasteiger partial charge in [0.1, 0.15) is 0 Å². The molecule has 0 aliphatic carbocycles. The summed E-state index contributed by atoms with van der Waals surface area (Å²) in [6.45, 7) is 2.93. The minimum atomic E-state index is -0.721. The number of nitro benzene ring substituents is 1. The second-order valence-corrected chi connectivity index (χ2v) is 2.97. The van der Waals surface area contributed by atoms with Crippen molar-refractivity contribution in [3.05, 3.63) is 33.4 Å². The van der Waals surface area contributed by atoms with Crippen LogP contribution in [-0.4, -0.2) is 15.8 Å². The Morgan fingerprint density at radius 2 is 2.07 bits per heavy atom. The molecule has 0 amide bonds. The number of benzene rings is 1. The smallest absolute Gasteiger partial charge is 0.311 e. The Morgan fingerprint density at radius 3 is 2.50 bits per heavy atom. The minimum Gasteiger partial charge on any atom is -0.502 e. The van der Waals surface area contributed by atoms with Crippen LogP contribution in [0.5, 0.6) is 5.75 Å². The first-order valence-electron chi connectivity index (χ1n) is 3.92. The van der Waals surface area contributed by atoms with Crippen LogP contribution in [-0.2, 0) is 0 Å². The van der Waals surface area contributed by atoms with Crippen molar-refractivity contribution < 1.29 is 14.8 Å². The number of phenolic OH excluding ortho intramolecular Hbond substituents is 1. The summed E-state index contributed by atoms with van der Waals surface area (Å²) in [7, 11) is 0. The number of ketones is 1. The van der Waals surface area contributed by atoms with Gasteiger partial charge in [0.25, 0.3) is 0 Å². The van der Waals surface area contributed by atoms with Gasteiger partial charge >= 0.3 is 5.69 Å². The van der Waals surface area contributed by atoms with Gasteiger partial charge in [0, 0.05) is 11.6 Å². The summed E-state index contributed by atoms with van der Waals surface area (Å²) >= 11 is 0. The molecule has 0 aromatic heterocycles. The quantitative estimate of drug-likeness (QED) is 0.443. The molecule has 5 heteroatoms. The van der Waals surface area contributed by atoms with Gasteiger partial charge in [-0.1, -0.05) is 0 Å². The molecule has 0 aliphatic heterocycles. The number of hydrogen-bond acceptors (Lipinski definition) is 4. The molecular formula is C9H9NO4. The SMILES string of the molecule is CC(=O)c1cc([N+](=O)[O-])c(O)cc1C. The zero-order valence-electron chi connectivity index (χ0n) is 7.77. The molecule has 1 aromatic rings. The van der Waals surface area contributed by atoms with E-state index < -0.39 is 16.4 Å². The molecule has 0 saturated carbocycles. The number of carbonyl (C=O) groups excluding carboxylic acids is 1. The van der Waals surface area contributed by atoms with Gasteiger partial charge in [-0.15, -0.1) is 0 Å². The van der Waals surface area contributed by atoms with Crippen LogP contribution in [0, 0.1) is 17.0 Å². The van der Waals surface area contributed by atoms with Crippen LogP contribution in [0.4, 0.5) is 5.69 Å². The Morgan fingerprint density at radius 1 is 1.50 bits per heavy atom. The molecule has 0 aliphatic rings. The average Bonchev–Trinajstić information content (AvgIpc) is 2.02. The summed E-state index contributed by atoms with van der Waals surface area (Å²) in [5.41, 5.74) is 0.343. The third kappa shape index (κ3) is 1.71. The van der Waals surface area contributed by atoms with E-state index in [1.54, 1.807) is 6.92 Å². The zero-order valence-corrected chi connectivity index (χ0v) is 7.77. The third-order valence-electron chi connectivity index (χ3n) is 1.90. The highest BCUT2D eigenvalue weighted by Gasteiger charge is 2.17. The van der Waals surface area contributed by atoms with Crippen LogP contribution in [0.15, 0.2) is 12.1 Å². The molecular weight excluding hydrogens is 186 g/mol. The van der Waals surface area contributed by atoms with E-state index in [1.165, 1.54) is 13.0 Å². The van der Waals surface area contributed by atoms with Crippen LogP contribution in [0.3, 0.4) is 0 Å². The van der Waals surface area contributed by atoms with E-state index in [1.807, 2.05) is 0 Å². The maximum absolute atomic E-state index is 11.0. The zero-order chi connectivity index (χ0) is 10.9. The van der Waals surface area contributed by atoms with E-state index in [4.69, 9.17) is 0 Å². The first-order chi connectivity index (χ1) is 6.43. The maximum atomic E-state index is 11.0. The molecule has 0 unspecified atom stereocenters. The standard InChI is InChI=1S/C9H9NO4/c1-5-3-9(12)8(10(13)14)4-7(5)6(2)11/h3-4,12H,1-2H3. The van der Waals surface area contributed by atoms with Crippen LogP contribution in [0.25, 0.3) is 0 Å². The molecule has 74 valence electrons. The fourth-order valence-corrected chi connectivity index (χ4v) is 1.21. The lowest BCUT2D eigenvalue weighted by Crippen LogP contribution is -1.98. The van der Waals surface area contributed by atoms with Crippen molar-refractivity contribution in [1.29, 1.82) is 0 Å². The van der Waals surface area contributed by atoms with Gasteiger partial charge in [0.2, 0.25) is 0 Å². The fourth-order valence-electron chi connectivity index (χ4n) is 1.21. The summed E-state index contributed by atoms with van der Waals surface area (Å²) in [6, 6.07) is 2.31. The van der Waals surface area contributed by atoms with Crippen LogP contribution in [0.1, 0.15) is 22.8 Å². The van der Waals surface area contributed by atoms with Crippen molar-refractivity contribution in [2.24, 2.45) is 0 Å². The predicted molar refractivity (Wildman–Crippen MR) is 49.5 cm³/mol. The minimum absolute atomic E-state index is 0.259. The number of hydrogen-bond donors (Lipinski definition) is 1. The molecule has 0 heterocycles. The van der Waals surface area contributed by atoms with Crippen LogP contribution in [0.2, 0.25) is 0 Å². The second-order valence-electron chi connectivity index (χ2n) is 2.97. The van der Waals surface area contributed by atoms with Crippen molar-refractivity contribution >= 4 is 11.5 Å². The molecule has 0 saturated heterocycles. The van der Waals surface area contributed by atoms with E-state index in [0.29, 0.717) is 5.56 Å². The molecule has 1 N–H and O–H groups in total. The largest absolute Gasteiger partial charge is 0.502 e. The average molecular weight is 195 g/mol. The topological polar surface area (TPSA) is 80.4 Å². The Bertz CT molecular complexity index is 376. The predicted octanol–water partition coefficient (Wildman–Crippen LogP) is 1.81. The Labute approximate surface area is 80.1 Å². The van der Waals surface area contributed by atoms with E-state index in [2.05, 4.69) is 0 Å². The summed E-state index contributed by atoms with van der Waals surface area (Å²) < 4.78 is 0. The van der Waals surface area contributed by atoms with E-state index in [0.717, 1.165) is 6.07 Å². The second kappa shape index (κ2) is 3.45.